The molecule has 0 spiro atoms. The van der Waals surface area contributed by atoms with Crippen molar-refractivity contribution in [2.75, 3.05) is 0 Å². The highest BCUT2D eigenvalue weighted by Crippen LogP contribution is 2.20. The quantitative estimate of drug-likeness (QED) is 0.582. The molecule has 136 valence electrons. The highest BCUT2D eigenvalue weighted by atomic mass is 16.6. The Morgan fingerprint density at radius 3 is 2.68 bits per heavy atom. The Balaban J connectivity index is 2.07. The van der Waals surface area contributed by atoms with Crippen LogP contribution in [0.15, 0.2) is 27.4 Å². The SMILES string of the molecule is CC(C)CCCC(C)NC(=O)Cn1c(=O)oc2ccc([N+](=O)[O-])cc21. The van der Waals surface area contributed by atoms with Crippen molar-refractivity contribution >= 4 is 22.7 Å². The number of hydrogen-bond donors (Lipinski definition) is 1. The normalized spacial score (nSPS) is 12.5. The van der Waals surface area contributed by atoms with Crippen molar-refractivity contribution in [1.82, 2.24) is 9.88 Å². The smallest absolute Gasteiger partial charge is 0.408 e. The van der Waals surface area contributed by atoms with Crippen LogP contribution in [0.4, 0.5) is 5.69 Å². The number of carbonyl (C=O) groups is 1. The number of fused-ring (bicyclic) bond motifs is 1. The lowest BCUT2D eigenvalue weighted by atomic mass is 10.0. The second kappa shape index (κ2) is 7.96. The molecule has 1 amide bonds. The van der Waals surface area contributed by atoms with Crippen molar-refractivity contribution in [2.45, 2.75) is 52.6 Å². The van der Waals surface area contributed by atoms with E-state index in [-0.39, 0.29) is 35.3 Å². The number of nitro groups is 1. The third-order valence-electron chi connectivity index (χ3n) is 3.99. The summed E-state index contributed by atoms with van der Waals surface area (Å²) in [6.07, 6.45) is 2.96. The summed E-state index contributed by atoms with van der Waals surface area (Å²) in [6, 6.07) is 3.85. The summed E-state index contributed by atoms with van der Waals surface area (Å²) in [5.74, 6) is -0.416. The maximum absolute atomic E-state index is 12.2. The lowest BCUT2D eigenvalue weighted by Crippen LogP contribution is -2.36. The standard InChI is InChI=1S/C17H23N3O5/c1-11(2)5-4-6-12(3)18-16(21)10-19-14-9-13(20(23)24)7-8-15(14)25-17(19)22/h7-9,11-12H,4-6,10H2,1-3H3,(H,18,21). The molecule has 0 aliphatic rings. The van der Waals surface area contributed by atoms with Crippen molar-refractivity contribution in [2.24, 2.45) is 5.92 Å². The van der Waals surface area contributed by atoms with E-state index in [1.54, 1.807) is 0 Å². The van der Waals surface area contributed by atoms with Crippen LogP contribution in [-0.4, -0.2) is 21.4 Å². The van der Waals surface area contributed by atoms with Crippen LogP contribution in [0.2, 0.25) is 0 Å². The van der Waals surface area contributed by atoms with Gasteiger partial charge in [0.05, 0.1) is 10.4 Å². The molecule has 25 heavy (non-hydrogen) atoms. The van der Waals surface area contributed by atoms with Crippen LogP contribution in [0.25, 0.3) is 11.1 Å². The van der Waals surface area contributed by atoms with E-state index in [9.17, 15) is 19.7 Å². The van der Waals surface area contributed by atoms with Crippen LogP contribution in [0.1, 0.15) is 40.0 Å². The molecule has 2 aromatic rings. The van der Waals surface area contributed by atoms with E-state index in [4.69, 9.17) is 4.42 Å². The summed E-state index contributed by atoms with van der Waals surface area (Å²) in [5.41, 5.74) is 0.291. The summed E-state index contributed by atoms with van der Waals surface area (Å²) < 4.78 is 6.15. The predicted octanol–water partition coefficient (Wildman–Crippen LogP) is 2.83. The first kappa shape index (κ1) is 18.7. The van der Waals surface area contributed by atoms with Gasteiger partial charge < -0.3 is 9.73 Å². The van der Waals surface area contributed by atoms with Gasteiger partial charge >= 0.3 is 5.76 Å². The third-order valence-corrected chi connectivity index (χ3v) is 3.99. The Morgan fingerprint density at radius 2 is 2.04 bits per heavy atom. The number of aromatic nitrogens is 1. The fourth-order valence-corrected chi connectivity index (χ4v) is 2.68. The molecular weight excluding hydrogens is 326 g/mol. The fraction of sp³-hybridized carbons (Fsp3) is 0.529. The molecule has 1 aromatic carbocycles. The Hall–Kier alpha value is -2.64. The molecule has 1 heterocycles. The molecule has 0 bridgehead atoms. The van der Waals surface area contributed by atoms with Crippen molar-refractivity contribution in [3.63, 3.8) is 0 Å². The number of oxazole rings is 1. The van der Waals surface area contributed by atoms with Crippen molar-refractivity contribution in [3.05, 3.63) is 38.9 Å². The summed E-state index contributed by atoms with van der Waals surface area (Å²) in [4.78, 5) is 34.5. The van der Waals surface area contributed by atoms with Crippen molar-refractivity contribution in [3.8, 4) is 0 Å². The van der Waals surface area contributed by atoms with Crippen molar-refractivity contribution < 1.29 is 14.1 Å². The monoisotopic (exact) mass is 349 g/mol. The number of benzene rings is 1. The van der Waals surface area contributed by atoms with E-state index in [0.717, 1.165) is 23.8 Å². The summed E-state index contributed by atoms with van der Waals surface area (Å²) in [5, 5.41) is 13.7. The zero-order valence-electron chi connectivity index (χ0n) is 14.7. The average Bonchev–Trinajstić information content (AvgIpc) is 2.82. The van der Waals surface area contributed by atoms with Gasteiger partial charge in [0.15, 0.2) is 5.58 Å². The molecule has 8 nitrogen and oxygen atoms in total. The lowest BCUT2D eigenvalue weighted by molar-refractivity contribution is -0.384. The van der Waals surface area contributed by atoms with E-state index in [1.807, 2.05) is 6.92 Å². The molecule has 0 fully saturated rings. The lowest BCUT2D eigenvalue weighted by Gasteiger charge is -2.14. The molecule has 0 saturated carbocycles. The van der Waals surface area contributed by atoms with Gasteiger partial charge in [-0.3, -0.25) is 19.5 Å². The molecule has 0 radical (unpaired) electrons. The zero-order chi connectivity index (χ0) is 18.6. The van der Waals surface area contributed by atoms with Crippen LogP contribution in [0.5, 0.6) is 0 Å². The number of nitrogens with zero attached hydrogens (tertiary/aromatic N) is 2. The Morgan fingerprint density at radius 1 is 1.32 bits per heavy atom. The predicted molar refractivity (Wildman–Crippen MR) is 93.4 cm³/mol. The fourth-order valence-electron chi connectivity index (χ4n) is 2.68. The molecule has 0 aliphatic carbocycles. The van der Waals surface area contributed by atoms with Gasteiger partial charge in [-0.2, -0.15) is 0 Å². The second-order valence-electron chi connectivity index (χ2n) is 6.66. The summed E-state index contributed by atoms with van der Waals surface area (Å²) >= 11 is 0. The van der Waals surface area contributed by atoms with Crippen LogP contribution >= 0.6 is 0 Å². The first-order valence-electron chi connectivity index (χ1n) is 8.35. The van der Waals surface area contributed by atoms with Crippen LogP contribution in [-0.2, 0) is 11.3 Å². The van der Waals surface area contributed by atoms with E-state index in [2.05, 4.69) is 19.2 Å². The minimum atomic E-state index is -0.710. The third kappa shape index (κ3) is 4.91. The minimum Gasteiger partial charge on any atom is -0.408 e. The van der Waals surface area contributed by atoms with Gasteiger partial charge in [0, 0.05) is 18.2 Å². The molecule has 1 aromatic heterocycles. The number of non-ortho nitro benzene ring substituents is 1. The van der Waals surface area contributed by atoms with Gasteiger partial charge in [-0.05, 0) is 25.3 Å². The largest absolute Gasteiger partial charge is 0.420 e. The number of rotatable bonds is 8. The average molecular weight is 349 g/mol. The summed E-state index contributed by atoms with van der Waals surface area (Å²) in [7, 11) is 0. The van der Waals surface area contributed by atoms with Crippen molar-refractivity contribution in [1.29, 1.82) is 0 Å². The number of hydrogen-bond acceptors (Lipinski definition) is 5. The zero-order valence-corrected chi connectivity index (χ0v) is 14.7. The van der Waals surface area contributed by atoms with E-state index >= 15 is 0 Å². The highest BCUT2D eigenvalue weighted by molar-refractivity contribution is 5.80. The van der Waals surface area contributed by atoms with Gasteiger partial charge in [-0.15, -0.1) is 0 Å². The Labute approximate surface area is 145 Å². The highest BCUT2D eigenvalue weighted by Gasteiger charge is 2.17. The van der Waals surface area contributed by atoms with Gasteiger partial charge in [0.2, 0.25) is 5.91 Å². The number of amides is 1. The molecule has 2 rings (SSSR count). The maximum atomic E-state index is 12.2. The molecule has 1 unspecified atom stereocenters. The van der Waals surface area contributed by atoms with Gasteiger partial charge in [0.25, 0.3) is 5.69 Å². The van der Waals surface area contributed by atoms with Gasteiger partial charge in [-0.25, -0.2) is 4.79 Å². The maximum Gasteiger partial charge on any atom is 0.420 e. The van der Waals surface area contributed by atoms with Crippen LogP contribution < -0.4 is 11.1 Å². The second-order valence-corrected chi connectivity index (χ2v) is 6.66. The molecule has 0 aliphatic heterocycles. The van der Waals surface area contributed by atoms with E-state index in [0.29, 0.717) is 5.92 Å². The molecular formula is C17H23N3O5. The van der Waals surface area contributed by atoms with Crippen LogP contribution in [0, 0.1) is 16.0 Å². The number of nitrogens with one attached hydrogen (secondary N) is 1. The first-order valence-corrected chi connectivity index (χ1v) is 8.35. The van der Waals surface area contributed by atoms with Gasteiger partial charge in [0.1, 0.15) is 6.54 Å². The van der Waals surface area contributed by atoms with E-state index < -0.39 is 10.7 Å². The first-order chi connectivity index (χ1) is 11.8. The van der Waals surface area contributed by atoms with Crippen LogP contribution in [0.3, 0.4) is 0 Å². The Kier molecular flexibility index (Phi) is 5.95. The summed E-state index contributed by atoms with van der Waals surface area (Å²) in [6.45, 7) is 5.98. The number of nitro benzene ring substituents is 1. The topological polar surface area (TPSA) is 107 Å². The molecule has 8 heteroatoms. The van der Waals surface area contributed by atoms with Gasteiger partial charge in [-0.1, -0.05) is 26.7 Å². The molecule has 1 atom stereocenters. The van der Waals surface area contributed by atoms with E-state index in [1.165, 1.54) is 18.2 Å². The molecule has 0 saturated heterocycles. The molecule has 1 N–H and O–H groups in total. The Bertz CT molecular complexity index is 821. The number of carbonyl (C=O) groups excluding carboxylic acids is 1. The minimum absolute atomic E-state index is 0.00514.